The minimum absolute atomic E-state index is 0.00239. The molecule has 0 radical (unpaired) electrons. The molecular weight excluding hydrogens is 382 g/mol. The summed E-state index contributed by atoms with van der Waals surface area (Å²) >= 11 is 4.55. The Morgan fingerprint density at radius 3 is 2.72 bits per heavy atom. The number of carboxylic acids is 1. The predicted molar refractivity (Wildman–Crippen MR) is 119 cm³/mol. The van der Waals surface area contributed by atoms with Gasteiger partial charge in [-0.05, 0) is 67.7 Å². The van der Waals surface area contributed by atoms with Crippen molar-refractivity contribution in [3.05, 3.63) is 70.3 Å². The number of nitrogens with one attached hydrogen (secondary N) is 1. The van der Waals surface area contributed by atoms with Crippen LogP contribution in [-0.4, -0.2) is 28.3 Å². The third-order valence-electron chi connectivity index (χ3n) is 5.56. The van der Waals surface area contributed by atoms with Gasteiger partial charge in [0, 0.05) is 16.9 Å². The van der Waals surface area contributed by atoms with Gasteiger partial charge in [0.15, 0.2) is 0 Å². The first-order chi connectivity index (χ1) is 13.9. The van der Waals surface area contributed by atoms with Gasteiger partial charge in [0.2, 0.25) is 5.91 Å². The number of amides is 1. The second kappa shape index (κ2) is 9.49. The van der Waals surface area contributed by atoms with E-state index in [1.54, 1.807) is 0 Å². The fourth-order valence-corrected chi connectivity index (χ4v) is 4.51. The maximum Gasteiger partial charge on any atom is 0.304 e. The van der Waals surface area contributed by atoms with Crippen LogP contribution in [0, 0.1) is 0 Å². The Labute approximate surface area is 178 Å². The summed E-state index contributed by atoms with van der Waals surface area (Å²) in [6.45, 7) is 2.41. The molecule has 0 fully saturated rings. The number of benzene rings is 1. The standard InChI is InChI=1S/C24H29NO3S/c1-24(29,16-22(26)27)15-19-9-3-2-7-17(19)13-14-25-23(28)21-12-6-10-18-8-4-5-11-20(18)21/h2-5,7-9,29H,6,10-16H2,1H3,(H,25,28)(H,26,27). The van der Waals surface area contributed by atoms with Crippen molar-refractivity contribution in [2.75, 3.05) is 6.54 Å². The summed E-state index contributed by atoms with van der Waals surface area (Å²) < 4.78 is -0.614. The first-order valence-electron chi connectivity index (χ1n) is 10.2. The minimum atomic E-state index is -0.847. The van der Waals surface area contributed by atoms with Gasteiger partial charge >= 0.3 is 5.97 Å². The van der Waals surface area contributed by atoms with E-state index in [1.165, 1.54) is 11.1 Å². The number of allylic oxidation sites excluding steroid dienone is 5. The van der Waals surface area contributed by atoms with Crippen molar-refractivity contribution in [2.45, 2.75) is 56.6 Å². The molecule has 1 amide bonds. The van der Waals surface area contributed by atoms with Gasteiger partial charge < -0.3 is 10.4 Å². The van der Waals surface area contributed by atoms with Crippen LogP contribution < -0.4 is 5.32 Å². The van der Waals surface area contributed by atoms with Crippen molar-refractivity contribution >= 4 is 24.5 Å². The average molecular weight is 412 g/mol. The van der Waals surface area contributed by atoms with Gasteiger partial charge in [-0.2, -0.15) is 12.6 Å². The second-order valence-corrected chi connectivity index (χ2v) is 9.23. The van der Waals surface area contributed by atoms with E-state index in [2.05, 4.69) is 36.2 Å². The number of fused-ring (bicyclic) bond motifs is 1. The lowest BCUT2D eigenvalue weighted by Crippen LogP contribution is -2.30. The van der Waals surface area contributed by atoms with Crippen molar-refractivity contribution in [3.8, 4) is 0 Å². The van der Waals surface area contributed by atoms with Gasteiger partial charge in [-0.15, -0.1) is 0 Å². The first-order valence-corrected chi connectivity index (χ1v) is 10.7. The molecule has 29 heavy (non-hydrogen) atoms. The molecule has 0 aromatic heterocycles. The second-order valence-electron chi connectivity index (χ2n) is 8.15. The fourth-order valence-electron chi connectivity index (χ4n) is 4.20. The molecule has 5 heteroatoms. The Morgan fingerprint density at radius 2 is 1.97 bits per heavy atom. The molecule has 0 saturated heterocycles. The summed E-state index contributed by atoms with van der Waals surface area (Å²) in [5, 5.41) is 12.2. The smallest absolute Gasteiger partial charge is 0.304 e. The van der Waals surface area contributed by atoms with E-state index in [9.17, 15) is 9.59 Å². The molecule has 1 atom stereocenters. The van der Waals surface area contributed by atoms with Crippen molar-refractivity contribution in [1.29, 1.82) is 0 Å². The number of carbonyl (C=O) groups is 2. The Kier molecular flexibility index (Phi) is 7.01. The summed E-state index contributed by atoms with van der Waals surface area (Å²) in [6, 6.07) is 8.00. The maximum absolute atomic E-state index is 12.8. The summed E-state index contributed by atoms with van der Waals surface area (Å²) in [7, 11) is 0. The molecular formula is C24H29NO3S. The number of rotatable bonds is 8. The van der Waals surface area contributed by atoms with Crippen LogP contribution in [0.25, 0.3) is 0 Å². The zero-order valence-electron chi connectivity index (χ0n) is 16.9. The molecule has 1 aromatic carbocycles. The van der Waals surface area contributed by atoms with Crippen molar-refractivity contribution in [2.24, 2.45) is 0 Å². The molecule has 0 heterocycles. The number of carbonyl (C=O) groups excluding carboxylic acids is 1. The monoisotopic (exact) mass is 411 g/mol. The lowest BCUT2D eigenvalue weighted by Gasteiger charge is -2.24. The zero-order valence-corrected chi connectivity index (χ0v) is 17.8. The summed E-state index contributed by atoms with van der Waals surface area (Å²) in [5.74, 6) is -0.802. The number of aliphatic carboxylic acids is 1. The van der Waals surface area contributed by atoms with E-state index in [-0.39, 0.29) is 12.3 Å². The third kappa shape index (κ3) is 5.86. The van der Waals surface area contributed by atoms with Crippen LogP contribution in [0.1, 0.15) is 50.2 Å². The van der Waals surface area contributed by atoms with Crippen LogP contribution in [-0.2, 0) is 22.4 Å². The molecule has 2 aliphatic rings. The van der Waals surface area contributed by atoms with E-state index >= 15 is 0 Å². The zero-order chi connectivity index (χ0) is 20.9. The fraction of sp³-hybridized carbons (Fsp3) is 0.417. The summed E-state index contributed by atoms with van der Waals surface area (Å²) in [5.41, 5.74) is 5.66. The normalized spacial score (nSPS) is 17.9. The first kappa shape index (κ1) is 21.4. The van der Waals surface area contributed by atoms with Gasteiger partial charge in [-0.3, -0.25) is 9.59 Å². The molecule has 1 aromatic rings. The lowest BCUT2D eigenvalue weighted by atomic mass is 9.83. The van der Waals surface area contributed by atoms with Gasteiger partial charge in [0.1, 0.15) is 0 Å². The molecule has 4 nitrogen and oxygen atoms in total. The maximum atomic E-state index is 12.8. The van der Waals surface area contributed by atoms with Crippen LogP contribution >= 0.6 is 12.6 Å². The SMILES string of the molecule is CC(S)(CC(=O)O)Cc1ccccc1CCNC(=O)C1=C2CC=CC=C2CCC1. The molecule has 0 bridgehead atoms. The topological polar surface area (TPSA) is 66.4 Å². The van der Waals surface area contributed by atoms with Crippen molar-refractivity contribution < 1.29 is 14.7 Å². The molecule has 154 valence electrons. The lowest BCUT2D eigenvalue weighted by molar-refractivity contribution is -0.137. The highest BCUT2D eigenvalue weighted by Crippen LogP contribution is 2.34. The molecule has 1 unspecified atom stereocenters. The van der Waals surface area contributed by atoms with Crippen LogP contribution in [0.4, 0.5) is 0 Å². The third-order valence-corrected chi connectivity index (χ3v) is 5.87. The Hall–Kier alpha value is -2.27. The minimum Gasteiger partial charge on any atom is -0.481 e. The molecule has 2 N–H and O–H groups in total. The highest BCUT2D eigenvalue weighted by atomic mass is 32.1. The highest BCUT2D eigenvalue weighted by Gasteiger charge is 2.25. The predicted octanol–water partition coefficient (Wildman–Crippen LogP) is 4.42. The molecule has 0 saturated carbocycles. The van der Waals surface area contributed by atoms with Crippen LogP contribution in [0.2, 0.25) is 0 Å². The molecule has 2 aliphatic carbocycles. The van der Waals surface area contributed by atoms with Gasteiger partial charge in [0.25, 0.3) is 0 Å². The van der Waals surface area contributed by atoms with Crippen LogP contribution in [0.15, 0.2) is 59.2 Å². The van der Waals surface area contributed by atoms with Gasteiger partial charge in [-0.1, -0.05) is 42.5 Å². The average Bonchev–Trinajstić information content (AvgIpc) is 2.67. The number of hydrogen-bond donors (Lipinski definition) is 3. The van der Waals surface area contributed by atoms with Crippen molar-refractivity contribution in [1.82, 2.24) is 5.32 Å². The van der Waals surface area contributed by atoms with Crippen LogP contribution in [0.5, 0.6) is 0 Å². The molecule has 3 rings (SSSR count). The largest absolute Gasteiger partial charge is 0.481 e. The van der Waals surface area contributed by atoms with E-state index in [1.807, 2.05) is 31.2 Å². The Balaban J connectivity index is 1.62. The van der Waals surface area contributed by atoms with E-state index in [0.29, 0.717) is 19.4 Å². The van der Waals surface area contributed by atoms with E-state index in [0.717, 1.165) is 42.4 Å². The van der Waals surface area contributed by atoms with Crippen molar-refractivity contribution in [3.63, 3.8) is 0 Å². The van der Waals surface area contributed by atoms with Gasteiger partial charge in [0.05, 0.1) is 6.42 Å². The number of thiol groups is 1. The van der Waals surface area contributed by atoms with E-state index in [4.69, 9.17) is 5.11 Å². The quantitative estimate of drug-likeness (QED) is 0.555. The van der Waals surface area contributed by atoms with E-state index < -0.39 is 10.7 Å². The number of carboxylic acid groups (broad SMARTS) is 1. The summed E-state index contributed by atoms with van der Waals surface area (Å²) in [4.78, 5) is 23.9. The highest BCUT2D eigenvalue weighted by molar-refractivity contribution is 7.81. The summed E-state index contributed by atoms with van der Waals surface area (Å²) in [6.07, 6.45) is 11.4. The van der Waals surface area contributed by atoms with Crippen LogP contribution in [0.3, 0.4) is 0 Å². The Morgan fingerprint density at radius 1 is 1.21 bits per heavy atom. The number of hydrogen-bond acceptors (Lipinski definition) is 3. The molecule has 0 spiro atoms. The Bertz CT molecular complexity index is 880. The molecule has 0 aliphatic heterocycles. The van der Waals surface area contributed by atoms with Gasteiger partial charge in [-0.25, -0.2) is 0 Å².